The molecule has 11 heteroatoms. The molecule has 4 rings (SSSR count). The van der Waals surface area contributed by atoms with Crippen LogP contribution >= 0.6 is 0 Å². The van der Waals surface area contributed by atoms with Gasteiger partial charge in [0.25, 0.3) is 5.91 Å². The molecule has 1 amide bonds. The van der Waals surface area contributed by atoms with Crippen molar-refractivity contribution >= 4 is 29.4 Å². The summed E-state index contributed by atoms with van der Waals surface area (Å²) >= 11 is 0. The van der Waals surface area contributed by atoms with E-state index < -0.39 is 0 Å². The SMILES string of the molecule is COc1ccc(Nc2nc(NCCOCCOCCNC(=O)c3ccccc3)nc(NCc3ccc(C)cc3)n2)cc1. The fourth-order valence-corrected chi connectivity index (χ4v) is 3.77. The number of benzene rings is 3. The zero-order valence-corrected chi connectivity index (χ0v) is 23.9. The van der Waals surface area contributed by atoms with Crippen LogP contribution in [0.5, 0.6) is 5.75 Å². The molecular formula is C31H37N7O4. The highest BCUT2D eigenvalue weighted by atomic mass is 16.5. The van der Waals surface area contributed by atoms with Crippen molar-refractivity contribution in [3.63, 3.8) is 0 Å². The molecule has 1 heterocycles. The summed E-state index contributed by atoms with van der Waals surface area (Å²) in [7, 11) is 1.63. The van der Waals surface area contributed by atoms with E-state index in [1.54, 1.807) is 19.2 Å². The summed E-state index contributed by atoms with van der Waals surface area (Å²) in [5, 5.41) is 12.5. The average Bonchev–Trinajstić information content (AvgIpc) is 3.02. The number of rotatable bonds is 17. The van der Waals surface area contributed by atoms with Crippen LogP contribution in [0.15, 0.2) is 78.9 Å². The van der Waals surface area contributed by atoms with Gasteiger partial charge >= 0.3 is 0 Å². The lowest BCUT2D eigenvalue weighted by Gasteiger charge is -2.12. The van der Waals surface area contributed by atoms with Gasteiger partial charge in [-0.05, 0) is 48.9 Å². The Kier molecular flexibility index (Phi) is 11.9. The second-order valence-electron chi connectivity index (χ2n) is 9.27. The maximum absolute atomic E-state index is 12.0. The molecule has 0 aliphatic carbocycles. The molecular weight excluding hydrogens is 534 g/mol. The van der Waals surface area contributed by atoms with Crippen LogP contribution in [0.25, 0.3) is 0 Å². The number of hydrogen-bond donors (Lipinski definition) is 4. The van der Waals surface area contributed by atoms with Gasteiger partial charge in [0.2, 0.25) is 17.8 Å². The zero-order valence-electron chi connectivity index (χ0n) is 23.9. The lowest BCUT2D eigenvalue weighted by Crippen LogP contribution is -2.27. The van der Waals surface area contributed by atoms with Crippen LogP contribution in [0.3, 0.4) is 0 Å². The first-order valence-electron chi connectivity index (χ1n) is 13.8. The van der Waals surface area contributed by atoms with Crippen LogP contribution in [0.2, 0.25) is 0 Å². The Morgan fingerprint density at radius 2 is 1.36 bits per heavy atom. The molecule has 220 valence electrons. The highest BCUT2D eigenvalue weighted by Gasteiger charge is 2.08. The molecule has 0 aliphatic heterocycles. The highest BCUT2D eigenvalue weighted by Crippen LogP contribution is 2.19. The molecule has 0 spiro atoms. The Labute approximate surface area is 246 Å². The molecule has 0 atom stereocenters. The Morgan fingerprint density at radius 3 is 2.05 bits per heavy atom. The molecule has 0 unspecified atom stereocenters. The summed E-state index contributed by atoms with van der Waals surface area (Å²) in [4.78, 5) is 25.6. The minimum Gasteiger partial charge on any atom is -0.497 e. The van der Waals surface area contributed by atoms with Gasteiger partial charge in [-0.15, -0.1) is 0 Å². The molecule has 3 aromatic carbocycles. The summed E-state index contributed by atoms with van der Waals surface area (Å²) in [5.41, 5.74) is 3.77. The molecule has 0 aliphatic rings. The first kappa shape index (κ1) is 30.2. The summed E-state index contributed by atoms with van der Waals surface area (Å²) in [6.45, 7) is 5.27. The van der Waals surface area contributed by atoms with Crippen molar-refractivity contribution in [2.45, 2.75) is 13.5 Å². The van der Waals surface area contributed by atoms with Crippen LogP contribution in [0.1, 0.15) is 21.5 Å². The van der Waals surface area contributed by atoms with E-state index in [2.05, 4.69) is 67.4 Å². The Bertz CT molecular complexity index is 1370. The quantitative estimate of drug-likeness (QED) is 0.135. The maximum atomic E-state index is 12.0. The van der Waals surface area contributed by atoms with Gasteiger partial charge in [0.05, 0.1) is 33.5 Å². The number of aromatic nitrogens is 3. The van der Waals surface area contributed by atoms with E-state index in [-0.39, 0.29) is 5.91 Å². The van der Waals surface area contributed by atoms with Gasteiger partial charge in [-0.1, -0.05) is 48.0 Å². The van der Waals surface area contributed by atoms with Crippen LogP contribution in [-0.2, 0) is 16.0 Å². The van der Waals surface area contributed by atoms with Gasteiger partial charge in [-0.25, -0.2) is 0 Å². The number of anilines is 4. The van der Waals surface area contributed by atoms with Gasteiger partial charge in [0, 0.05) is 30.9 Å². The monoisotopic (exact) mass is 571 g/mol. The van der Waals surface area contributed by atoms with Crippen molar-refractivity contribution in [3.8, 4) is 5.75 Å². The number of carbonyl (C=O) groups excluding carboxylic acids is 1. The number of ether oxygens (including phenoxy) is 3. The number of nitrogens with zero attached hydrogens (tertiary/aromatic N) is 3. The minimum atomic E-state index is -0.115. The first-order valence-corrected chi connectivity index (χ1v) is 13.8. The van der Waals surface area contributed by atoms with Gasteiger partial charge < -0.3 is 35.5 Å². The van der Waals surface area contributed by atoms with E-state index in [0.29, 0.717) is 69.5 Å². The second kappa shape index (κ2) is 16.5. The molecule has 0 saturated heterocycles. The molecule has 0 bridgehead atoms. The number of aryl methyl sites for hydroxylation is 1. The number of hydrogen-bond acceptors (Lipinski definition) is 10. The smallest absolute Gasteiger partial charge is 0.251 e. The van der Waals surface area contributed by atoms with E-state index in [1.807, 2.05) is 42.5 Å². The number of nitrogens with one attached hydrogen (secondary N) is 4. The van der Waals surface area contributed by atoms with Crippen molar-refractivity contribution < 1.29 is 19.0 Å². The van der Waals surface area contributed by atoms with Gasteiger partial charge in [0.15, 0.2) is 0 Å². The zero-order chi connectivity index (χ0) is 29.4. The van der Waals surface area contributed by atoms with E-state index in [0.717, 1.165) is 17.0 Å². The first-order chi connectivity index (χ1) is 20.6. The lowest BCUT2D eigenvalue weighted by atomic mass is 10.1. The molecule has 0 radical (unpaired) electrons. The predicted octanol–water partition coefficient (Wildman–Crippen LogP) is 4.42. The van der Waals surface area contributed by atoms with Crippen molar-refractivity contribution in [2.24, 2.45) is 0 Å². The number of amides is 1. The lowest BCUT2D eigenvalue weighted by molar-refractivity contribution is 0.0519. The molecule has 4 aromatic rings. The third-order valence-electron chi connectivity index (χ3n) is 6.02. The van der Waals surface area contributed by atoms with Crippen LogP contribution in [0, 0.1) is 6.92 Å². The molecule has 1 aromatic heterocycles. The summed E-state index contributed by atoms with van der Waals surface area (Å²) in [6, 6.07) is 24.9. The third kappa shape index (κ3) is 10.3. The second-order valence-corrected chi connectivity index (χ2v) is 9.27. The summed E-state index contributed by atoms with van der Waals surface area (Å²) in [5.74, 6) is 1.91. The predicted molar refractivity (Wildman–Crippen MR) is 164 cm³/mol. The summed E-state index contributed by atoms with van der Waals surface area (Å²) < 4.78 is 16.4. The van der Waals surface area contributed by atoms with E-state index in [9.17, 15) is 4.79 Å². The van der Waals surface area contributed by atoms with Gasteiger partial charge in [-0.3, -0.25) is 4.79 Å². The van der Waals surface area contributed by atoms with Crippen molar-refractivity contribution in [2.75, 3.05) is 62.6 Å². The number of carbonyl (C=O) groups is 1. The average molecular weight is 572 g/mol. The molecule has 42 heavy (non-hydrogen) atoms. The van der Waals surface area contributed by atoms with Crippen molar-refractivity contribution in [1.29, 1.82) is 0 Å². The Balaban J connectivity index is 1.20. The van der Waals surface area contributed by atoms with E-state index >= 15 is 0 Å². The maximum Gasteiger partial charge on any atom is 0.251 e. The Hall–Kier alpha value is -4.74. The van der Waals surface area contributed by atoms with E-state index in [4.69, 9.17) is 14.2 Å². The molecule has 0 saturated carbocycles. The largest absolute Gasteiger partial charge is 0.497 e. The summed E-state index contributed by atoms with van der Waals surface area (Å²) in [6.07, 6.45) is 0. The molecule has 0 fully saturated rings. The van der Waals surface area contributed by atoms with Crippen molar-refractivity contribution in [1.82, 2.24) is 20.3 Å². The molecule has 4 N–H and O–H groups in total. The van der Waals surface area contributed by atoms with E-state index in [1.165, 1.54) is 5.56 Å². The fraction of sp³-hybridized carbons (Fsp3) is 0.290. The standard InChI is InChI=1S/C31H37N7O4/c1-23-8-10-24(11-9-23)22-34-30-36-29(37-31(38-30)35-26-12-14-27(40-2)15-13-26)33-17-19-42-21-20-41-18-16-32-28(39)25-6-4-3-5-7-25/h3-15H,16-22H2,1-2H3,(H,32,39)(H3,33,34,35,36,37,38). The van der Waals surface area contributed by atoms with Crippen LogP contribution < -0.4 is 26.0 Å². The van der Waals surface area contributed by atoms with Gasteiger partial charge in [-0.2, -0.15) is 15.0 Å². The van der Waals surface area contributed by atoms with Crippen molar-refractivity contribution in [3.05, 3.63) is 95.6 Å². The topological polar surface area (TPSA) is 132 Å². The third-order valence-corrected chi connectivity index (χ3v) is 6.02. The minimum absolute atomic E-state index is 0.115. The molecule has 11 nitrogen and oxygen atoms in total. The highest BCUT2D eigenvalue weighted by molar-refractivity contribution is 5.94. The Morgan fingerprint density at radius 1 is 0.714 bits per heavy atom. The normalized spacial score (nSPS) is 10.6. The van der Waals surface area contributed by atoms with Gasteiger partial charge in [0.1, 0.15) is 5.75 Å². The van der Waals surface area contributed by atoms with Crippen LogP contribution in [-0.4, -0.2) is 67.5 Å². The number of methoxy groups -OCH3 is 1. The fourth-order valence-electron chi connectivity index (χ4n) is 3.77. The van der Waals surface area contributed by atoms with Crippen LogP contribution in [0.4, 0.5) is 23.5 Å².